The second-order valence-corrected chi connectivity index (χ2v) is 8.97. The van der Waals surface area contributed by atoms with E-state index in [0.717, 1.165) is 18.5 Å². The van der Waals surface area contributed by atoms with E-state index in [1.54, 1.807) is 0 Å². The molecular formula is C19H26NOP. The standard InChI is InChI=1S/C19H26NOP/c1-18(2,3)17-16(21-13-19(17,4)5)14-8-6-9-15(12-14)22-11-7-10-20/h6,8-9,12,22H,7,11,13H2,1-5H3. The minimum Gasteiger partial charge on any atom is -0.492 e. The van der Waals surface area contributed by atoms with Crippen LogP contribution in [0.1, 0.15) is 46.6 Å². The van der Waals surface area contributed by atoms with Gasteiger partial charge in [0.15, 0.2) is 0 Å². The first-order valence-corrected chi connectivity index (χ1v) is 9.06. The zero-order valence-electron chi connectivity index (χ0n) is 14.3. The number of hydrogen-bond donors (Lipinski definition) is 0. The number of benzene rings is 1. The van der Waals surface area contributed by atoms with Crippen LogP contribution in [0.4, 0.5) is 0 Å². The zero-order valence-corrected chi connectivity index (χ0v) is 15.3. The molecule has 0 aliphatic carbocycles. The van der Waals surface area contributed by atoms with E-state index >= 15 is 0 Å². The van der Waals surface area contributed by atoms with Crippen molar-refractivity contribution in [1.82, 2.24) is 0 Å². The normalized spacial score (nSPS) is 17.8. The van der Waals surface area contributed by atoms with Gasteiger partial charge in [-0.25, -0.2) is 0 Å². The first kappa shape index (κ1) is 17.0. The maximum absolute atomic E-state index is 8.68. The second kappa shape index (κ2) is 6.43. The molecule has 1 aromatic carbocycles. The molecule has 1 unspecified atom stereocenters. The van der Waals surface area contributed by atoms with E-state index in [-0.39, 0.29) is 10.8 Å². The lowest BCUT2D eigenvalue weighted by Gasteiger charge is -2.30. The Bertz CT molecular complexity index is 617. The largest absolute Gasteiger partial charge is 0.492 e. The lowest BCUT2D eigenvalue weighted by molar-refractivity contribution is 0.213. The van der Waals surface area contributed by atoms with E-state index in [2.05, 4.69) is 65.0 Å². The van der Waals surface area contributed by atoms with Crippen LogP contribution < -0.4 is 5.30 Å². The first-order chi connectivity index (χ1) is 10.3. The third-order valence-electron chi connectivity index (χ3n) is 3.92. The van der Waals surface area contributed by atoms with Crippen LogP contribution in [-0.2, 0) is 4.74 Å². The summed E-state index contributed by atoms with van der Waals surface area (Å²) in [4.78, 5) is 0. The van der Waals surface area contributed by atoms with Gasteiger partial charge < -0.3 is 4.74 Å². The first-order valence-electron chi connectivity index (χ1n) is 7.85. The van der Waals surface area contributed by atoms with Gasteiger partial charge >= 0.3 is 0 Å². The van der Waals surface area contributed by atoms with Gasteiger partial charge in [-0.05, 0) is 28.5 Å². The molecule has 0 fully saturated rings. The molecule has 1 atom stereocenters. The van der Waals surface area contributed by atoms with E-state index in [9.17, 15) is 0 Å². The van der Waals surface area contributed by atoms with Gasteiger partial charge in [0.25, 0.3) is 0 Å². The van der Waals surface area contributed by atoms with Crippen LogP contribution in [0, 0.1) is 22.2 Å². The van der Waals surface area contributed by atoms with Crippen molar-refractivity contribution in [3.8, 4) is 6.07 Å². The van der Waals surface area contributed by atoms with Crippen molar-refractivity contribution in [2.24, 2.45) is 10.8 Å². The molecule has 0 saturated heterocycles. The predicted octanol–water partition coefficient (Wildman–Crippen LogP) is 4.72. The molecule has 22 heavy (non-hydrogen) atoms. The number of nitriles is 1. The molecule has 118 valence electrons. The third kappa shape index (κ3) is 3.71. The van der Waals surface area contributed by atoms with Gasteiger partial charge in [-0.15, -0.1) is 0 Å². The van der Waals surface area contributed by atoms with Crippen molar-refractivity contribution in [3.05, 3.63) is 35.4 Å². The number of ether oxygens (including phenoxy) is 1. The van der Waals surface area contributed by atoms with Gasteiger partial charge in [-0.3, -0.25) is 0 Å². The topological polar surface area (TPSA) is 33.0 Å². The molecule has 0 saturated carbocycles. The number of nitrogens with zero attached hydrogens (tertiary/aromatic N) is 1. The fourth-order valence-electron chi connectivity index (χ4n) is 3.32. The average molecular weight is 315 g/mol. The molecular weight excluding hydrogens is 289 g/mol. The Morgan fingerprint density at radius 3 is 2.68 bits per heavy atom. The highest BCUT2D eigenvalue weighted by Crippen LogP contribution is 2.49. The van der Waals surface area contributed by atoms with Crippen LogP contribution in [0.5, 0.6) is 0 Å². The fourth-order valence-corrected chi connectivity index (χ4v) is 4.32. The molecule has 0 aromatic heterocycles. The van der Waals surface area contributed by atoms with Gasteiger partial charge in [0.1, 0.15) is 5.76 Å². The minimum absolute atomic E-state index is 0.0761. The summed E-state index contributed by atoms with van der Waals surface area (Å²) in [5, 5.41) is 9.99. The molecule has 0 bridgehead atoms. The summed E-state index contributed by atoms with van der Waals surface area (Å²) >= 11 is 0. The average Bonchev–Trinajstić information content (AvgIpc) is 2.75. The van der Waals surface area contributed by atoms with Gasteiger partial charge in [-0.1, -0.05) is 61.4 Å². The van der Waals surface area contributed by atoms with Crippen molar-refractivity contribution >= 4 is 19.6 Å². The van der Waals surface area contributed by atoms with Crippen molar-refractivity contribution < 1.29 is 4.74 Å². The van der Waals surface area contributed by atoms with Gasteiger partial charge in [-0.2, -0.15) is 5.26 Å². The molecule has 1 aromatic rings. The summed E-state index contributed by atoms with van der Waals surface area (Å²) in [6.45, 7) is 12.1. The van der Waals surface area contributed by atoms with E-state index in [1.165, 1.54) is 16.4 Å². The van der Waals surface area contributed by atoms with Crippen molar-refractivity contribution in [1.29, 1.82) is 5.26 Å². The van der Waals surface area contributed by atoms with Crippen LogP contribution in [0.25, 0.3) is 5.76 Å². The van der Waals surface area contributed by atoms with Crippen LogP contribution in [0.15, 0.2) is 29.8 Å². The Morgan fingerprint density at radius 1 is 1.32 bits per heavy atom. The summed E-state index contributed by atoms with van der Waals surface area (Å²) in [5.41, 5.74) is 2.75. The molecule has 0 amide bonds. The van der Waals surface area contributed by atoms with E-state index in [4.69, 9.17) is 10.00 Å². The molecule has 0 radical (unpaired) electrons. The number of rotatable bonds is 4. The monoisotopic (exact) mass is 315 g/mol. The highest BCUT2D eigenvalue weighted by Gasteiger charge is 2.41. The Balaban J connectivity index is 2.38. The van der Waals surface area contributed by atoms with Crippen LogP contribution in [0.3, 0.4) is 0 Å². The molecule has 1 aliphatic heterocycles. The van der Waals surface area contributed by atoms with Crippen molar-refractivity contribution in [3.63, 3.8) is 0 Å². The predicted molar refractivity (Wildman–Crippen MR) is 95.6 cm³/mol. The summed E-state index contributed by atoms with van der Waals surface area (Å²) in [6.07, 6.45) is 1.57. The molecule has 1 aliphatic rings. The van der Waals surface area contributed by atoms with E-state index in [1.807, 2.05) is 0 Å². The maximum atomic E-state index is 8.68. The Hall–Kier alpha value is -1.32. The van der Waals surface area contributed by atoms with E-state index < -0.39 is 0 Å². The van der Waals surface area contributed by atoms with Crippen molar-refractivity contribution in [2.75, 3.05) is 12.8 Å². The zero-order chi connectivity index (χ0) is 16.4. The van der Waals surface area contributed by atoms with Crippen LogP contribution in [-0.4, -0.2) is 12.8 Å². The van der Waals surface area contributed by atoms with Gasteiger partial charge in [0, 0.05) is 17.4 Å². The summed E-state index contributed by atoms with van der Waals surface area (Å²) < 4.78 is 6.10. The Kier molecular flexibility index (Phi) is 4.98. The summed E-state index contributed by atoms with van der Waals surface area (Å²) in [5.74, 6) is 1.06. The highest BCUT2D eigenvalue weighted by atomic mass is 31.1. The fraction of sp³-hybridized carbons (Fsp3) is 0.526. The smallest absolute Gasteiger partial charge is 0.126 e. The van der Waals surface area contributed by atoms with Gasteiger partial charge in [0.05, 0.1) is 12.7 Å². The molecule has 0 N–H and O–H groups in total. The SMILES string of the molecule is CC(C)(C)C1=C(c2cccc(PCCC#N)c2)OCC1(C)C. The van der Waals surface area contributed by atoms with Crippen molar-refractivity contribution in [2.45, 2.75) is 41.0 Å². The maximum Gasteiger partial charge on any atom is 0.126 e. The quantitative estimate of drug-likeness (QED) is 0.595. The van der Waals surface area contributed by atoms with Crippen LogP contribution >= 0.6 is 8.58 Å². The Morgan fingerprint density at radius 2 is 2.05 bits per heavy atom. The molecule has 1 heterocycles. The molecule has 2 nitrogen and oxygen atoms in total. The highest BCUT2D eigenvalue weighted by molar-refractivity contribution is 7.47. The Labute approximate surface area is 136 Å². The third-order valence-corrected chi connectivity index (χ3v) is 5.14. The summed E-state index contributed by atoms with van der Waals surface area (Å²) in [6, 6.07) is 10.8. The molecule has 3 heteroatoms. The molecule has 2 rings (SSSR count). The second-order valence-electron chi connectivity index (χ2n) is 7.54. The lowest BCUT2D eigenvalue weighted by atomic mass is 9.71. The van der Waals surface area contributed by atoms with E-state index in [0.29, 0.717) is 15.0 Å². The van der Waals surface area contributed by atoms with Gasteiger partial charge in [0.2, 0.25) is 0 Å². The number of hydrogen-bond acceptors (Lipinski definition) is 2. The molecule has 0 spiro atoms. The van der Waals surface area contributed by atoms with Crippen LogP contribution in [0.2, 0.25) is 0 Å². The summed E-state index contributed by atoms with van der Waals surface area (Å²) in [7, 11) is 0.688. The lowest BCUT2D eigenvalue weighted by Crippen LogP contribution is -2.24. The minimum atomic E-state index is 0.0761.